The van der Waals surface area contributed by atoms with E-state index in [1.807, 2.05) is 6.92 Å². The summed E-state index contributed by atoms with van der Waals surface area (Å²) in [6, 6.07) is 1.72. The van der Waals surface area contributed by atoms with Crippen LogP contribution in [0, 0.1) is 0 Å². The van der Waals surface area contributed by atoms with Crippen molar-refractivity contribution in [3.8, 4) is 5.88 Å². The van der Waals surface area contributed by atoms with Gasteiger partial charge in [-0.3, -0.25) is 0 Å². The Morgan fingerprint density at radius 2 is 2.17 bits per heavy atom. The Kier molecular flexibility index (Phi) is 4.72. The van der Waals surface area contributed by atoms with E-state index in [0.717, 1.165) is 12.8 Å². The molecule has 1 fully saturated rings. The molecule has 0 saturated heterocycles. The fraction of sp³-hybridized carbons (Fsp3) is 0.667. The maximum atomic E-state index is 5.84. The zero-order valence-corrected chi connectivity index (χ0v) is 10.7. The second-order valence-corrected chi connectivity index (χ2v) is 4.31. The maximum absolute atomic E-state index is 5.84. The van der Waals surface area contributed by atoms with Crippen molar-refractivity contribution in [2.45, 2.75) is 45.3 Å². The Bertz CT molecular complexity index is 380. The molecule has 3 N–H and O–H groups in total. The summed E-state index contributed by atoms with van der Waals surface area (Å²) in [5, 5.41) is 0. The van der Waals surface area contributed by atoms with Crippen molar-refractivity contribution in [2.75, 3.05) is 12.0 Å². The number of nitrogen functional groups attached to an aromatic ring is 1. The number of hydrogen-bond donors (Lipinski definition) is 2. The Balaban J connectivity index is 2.06. The number of ether oxygens (including phenoxy) is 2. The Hall–Kier alpha value is -1.40. The third-order valence-electron chi connectivity index (χ3n) is 2.92. The van der Waals surface area contributed by atoms with E-state index in [0.29, 0.717) is 30.7 Å². The van der Waals surface area contributed by atoms with Crippen LogP contribution in [-0.2, 0) is 11.3 Å². The number of hydrogen-bond acceptors (Lipinski definition) is 6. The molecule has 100 valence electrons. The van der Waals surface area contributed by atoms with Gasteiger partial charge >= 0.3 is 0 Å². The highest BCUT2D eigenvalue weighted by atomic mass is 16.5. The molecule has 1 aliphatic rings. The lowest BCUT2D eigenvalue weighted by molar-refractivity contribution is 0.126. The van der Waals surface area contributed by atoms with E-state index < -0.39 is 0 Å². The average molecular weight is 252 g/mol. The van der Waals surface area contributed by atoms with E-state index in [-0.39, 0.29) is 6.10 Å². The summed E-state index contributed by atoms with van der Waals surface area (Å²) < 4.78 is 11.1. The molecule has 0 aromatic carbocycles. The fourth-order valence-corrected chi connectivity index (χ4v) is 2.04. The summed E-state index contributed by atoms with van der Waals surface area (Å²) in [5.74, 6) is 7.09. The molecule has 0 radical (unpaired) electrons. The van der Waals surface area contributed by atoms with Gasteiger partial charge in [-0.15, -0.1) is 0 Å². The molecule has 1 heterocycles. The Morgan fingerprint density at radius 3 is 2.83 bits per heavy atom. The van der Waals surface area contributed by atoms with Gasteiger partial charge in [-0.05, 0) is 32.6 Å². The van der Waals surface area contributed by atoms with Gasteiger partial charge in [-0.2, -0.15) is 4.98 Å². The molecule has 1 aromatic heterocycles. The van der Waals surface area contributed by atoms with Crippen LogP contribution in [0.4, 0.5) is 5.82 Å². The van der Waals surface area contributed by atoms with Crippen LogP contribution in [0.3, 0.4) is 0 Å². The van der Waals surface area contributed by atoms with Gasteiger partial charge < -0.3 is 14.9 Å². The van der Waals surface area contributed by atoms with Crippen LogP contribution in [0.25, 0.3) is 0 Å². The molecule has 1 aliphatic carbocycles. The predicted molar refractivity (Wildman–Crippen MR) is 68.1 cm³/mol. The van der Waals surface area contributed by atoms with Gasteiger partial charge in [-0.1, -0.05) is 0 Å². The predicted octanol–water partition coefficient (Wildman–Crippen LogP) is 1.62. The van der Waals surface area contributed by atoms with Gasteiger partial charge in [0, 0.05) is 12.7 Å². The first-order chi connectivity index (χ1) is 8.81. The molecule has 0 atom stereocenters. The maximum Gasteiger partial charge on any atom is 0.219 e. The van der Waals surface area contributed by atoms with Gasteiger partial charge in [0.15, 0.2) is 5.82 Å². The summed E-state index contributed by atoms with van der Waals surface area (Å²) in [4.78, 5) is 8.54. The van der Waals surface area contributed by atoms with E-state index in [4.69, 9.17) is 15.3 Å². The number of nitrogens with zero attached hydrogens (tertiary/aromatic N) is 2. The highest BCUT2D eigenvalue weighted by Crippen LogP contribution is 2.24. The summed E-state index contributed by atoms with van der Waals surface area (Å²) in [5.41, 5.74) is 2.52. The SMILES string of the molecule is CCOCc1nc(NN)cc(OC2CCCC2)n1. The topological polar surface area (TPSA) is 82.3 Å². The van der Waals surface area contributed by atoms with E-state index >= 15 is 0 Å². The molecule has 0 bridgehead atoms. The van der Waals surface area contributed by atoms with Crippen molar-refractivity contribution < 1.29 is 9.47 Å². The number of hydrazine groups is 1. The third kappa shape index (κ3) is 3.54. The minimum Gasteiger partial charge on any atom is -0.474 e. The second kappa shape index (κ2) is 6.51. The normalized spacial score (nSPS) is 15.9. The fourth-order valence-electron chi connectivity index (χ4n) is 2.04. The van der Waals surface area contributed by atoms with Crippen LogP contribution in [0.2, 0.25) is 0 Å². The molecular weight excluding hydrogens is 232 g/mol. The molecule has 1 aromatic rings. The van der Waals surface area contributed by atoms with Gasteiger partial charge in [0.2, 0.25) is 5.88 Å². The van der Waals surface area contributed by atoms with Gasteiger partial charge in [0.1, 0.15) is 18.5 Å². The zero-order chi connectivity index (χ0) is 12.8. The van der Waals surface area contributed by atoms with Crippen molar-refractivity contribution in [1.29, 1.82) is 0 Å². The molecule has 6 nitrogen and oxygen atoms in total. The number of anilines is 1. The van der Waals surface area contributed by atoms with E-state index in [2.05, 4.69) is 15.4 Å². The Labute approximate surface area is 107 Å². The Morgan fingerprint density at radius 1 is 1.39 bits per heavy atom. The van der Waals surface area contributed by atoms with Crippen LogP contribution >= 0.6 is 0 Å². The van der Waals surface area contributed by atoms with Crippen molar-refractivity contribution in [1.82, 2.24) is 9.97 Å². The molecule has 2 rings (SSSR count). The lowest BCUT2D eigenvalue weighted by Gasteiger charge is -2.13. The first-order valence-corrected chi connectivity index (χ1v) is 6.40. The number of rotatable bonds is 6. The minimum absolute atomic E-state index is 0.269. The summed E-state index contributed by atoms with van der Waals surface area (Å²) in [6.45, 7) is 2.93. The summed E-state index contributed by atoms with van der Waals surface area (Å²) in [6.07, 6.45) is 4.91. The third-order valence-corrected chi connectivity index (χ3v) is 2.92. The standard InChI is InChI=1S/C12H20N4O2/c1-2-17-8-11-14-10(16-13)7-12(15-11)18-9-5-3-4-6-9/h7,9H,2-6,8,13H2,1H3,(H,14,15,16). The highest BCUT2D eigenvalue weighted by Gasteiger charge is 2.17. The first-order valence-electron chi connectivity index (χ1n) is 6.40. The molecule has 0 unspecified atom stereocenters. The smallest absolute Gasteiger partial charge is 0.219 e. The zero-order valence-electron chi connectivity index (χ0n) is 10.7. The van der Waals surface area contributed by atoms with Gasteiger partial charge in [0.25, 0.3) is 0 Å². The second-order valence-electron chi connectivity index (χ2n) is 4.31. The van der Waals surface area contributed by atoms with Gasteiger partial charge in [0.05, 0.1) is 0 Å². The van der Waals surface area contributed by atoms with Crippen LogP contribution in [0.1, 0.15) is 38.4 Å². The minimum atomic E-state index is 0.269. The van der Waals surface area contributed by atoms with E-state index in [1.54, 1.807) is 6.07 Å². The van der Waals surface area contributed by atoms with Crippen molar-refractivity contribution in [3.63, 3.8) is 0 Å². The molecule has 0 amide bonds. The average Bonchev–Trinajstić information content (AvgIpc) is 2.89. The van der Waals surface area contributed by atoms with Crippen molar-refractivity contribution >= 4 is 5.82 Å². The van der Waals surface area contributed by atoms with Crippen LogP contribution in [0.15, 0.2) is 6.07 Å². The monoisotopic (exact) mass is 252 g/mol. The number of nitrogens with one attached hydrogen (secondary N) is 1. The van der Waals surface area contributed by atoms with Crippen LogP contribution < -0.4 is 16.0 Å². The molecule has 0 spiro atoms. The molecule has 1 saturated carbocycles. The van der Waals surface area contributed by atoms with Crippen molar-refractivity contribution in [2.24, 2.45) is 5.84 Å². The van der Waals surface area contributed by atoms with Gasteiger partial charge in [-0.25, -0.2) is 10.8 Å². The van der Waals surface area contributed by atoms with Crippen molar-refractivity contribution in [3.05, 3.63) is 11.9 Å². The quantitative estimate of drug-likeness (QED) is 0.591. The number of nitrogens with two attached hydrogens (primary N) is 1. The lowest BCUT2D eigenvalue weighted by atomic mass is 10.3. The summed E-state index contributed by atoms with van der Waals surface area (Å²) >= 11 is 0. The van der Waals surface area contributed by atoms with E-state index in [9.17, 15) is 0 Å². The highest BCUT2D eigenvalue weighted by molar-refractivity contribution is 5.37. The van der Waals surface area contributed by atoms with Crippen LogP contribution in [-0.4, -0.2) is 22.7 Å². The largest absolute Gasteiger partial charge is 0.474 e. The molecule has 0 aliphatic heterocycles. The van der Waals surface area contributed by atoms with E-state index in [1.165, 1.54) is 12.8 Å². The molecule has 6 heteroatoms. The lowest BCUT2D eigenvalue weighted by Crippen LogP contribution is -2.15. The van der Waals surface area contributed by atoms with Crippen LogP contribution in [0.5, 0.6) is 5.88 Å². The molecular formula is C12H20N4O2. The molecule has 18 heavy (non-hydrogen) atoms. The first kappa shape index (κ1) is 13.0. The summed E-state index contributed by atoms with van der Waals surface area (Å²) in [7, 11) is 0. The number of aromatic nitrogens is 2.